The molecule has 244 valence electrons. The summed E-state index contributed by atoms with van der Waals surface area (Å²) in [6, 6.07) is 7.81. The topological polar surface area (TPSA) is 138 Å². The molecule has 4 N–H and O–H groups in total. The molecule has 2 fully saturated rings. The molecule has 2 saturated heterocycles. The summed E-state index contributed by atoms with van der Waals surface area (Å²) in [5.74, 6) is -2.11. The lowest BCUT2D eigenvalue weighted by Crippen LogP contribution is -2.50. The van der Waals surface area contributed by atoms with Gasteiger partial charge in [0.25, 0.3) is 0 Å². The lowest BCUT2D eigenvalue weighted by molar-refractivity contribution is -0.192. The molecular weight excluding hydrogens is 597 g/mol. The van der Waals surface area contributed by atoms with Gasteiger partial charge in [0, 0.05) is 56.4 Å². The third-order valence-corrected chi connectivity index (χ3v) is 7.46. The summed E-state index contributed by atoms with van der Waals surface area (Å²) < 4.78 is 48.2. The number of urea groups is 1. The van der Waals surface area contributed by atoms with Crippen LogP contribution in [0.25, 0.3) is 0 Å². The highest BCUT2D eigenvalue weighted by molar-refractivity contribution is 6.30. The average Bonchev–Trinajstić information content (AvgIpc) is 2.99. The molecule has 2 aliphatic heterocycles. The summed E-state index contributed by atoms with van der Waals surface area (Å²) in [4.78, 5) is 35.2. The van der Waals surface area contributed by atoms with Gasteiger partial charge in [0.1, 0.15) is 0 Å². The number of rotatable bonds is 11. The van der Waals surface area contributed by atoms with E-state index in [1.165, 1.54) is 13.5 Å². The lowest BCUT2D eigenvalue weighted by atomic mass is 9.88. The van der Waals surface area contributed by atoms with E-state index < -0.39 is 18.2 Å². The molecule has 11 nitrogen and oxygen atoms in total. The van der Waals surface area contributed by atoms with Crippen LogP contribution in [0, 0.1) is 11.8 Å². The van der Waals surface area contributed by atoms with E-state index >= 15 is 0 Å². The predicted octanol–water partition coefficient (Wildman–Crippen LogP) is 4.21. The highest BCUT2D eigenvalue weighted by atomic mass is 35.5. The van der Waals surface area contributed by atoms with Gasteiger partial charge >= 0.3 is 24.3 Å². The Kier molecular flexibility index (Phi) is 15.9. The maximum absolute atomic E-state index is 13.1. The first-order valence-electron chi connectivity index (χ1n) is 14.2. The molecule has 3 rings (SSSR count). The van der Waals surface area contributed by atoms with Crippen LogP contribution < -0.4 is 16.0 Å². The SMILES string of the molecule is CN[C@H](CNC(=O)N1CCC[C@H]([C@H](OCCNC(=O)OC)c2cccc(Cl)c2)C1)C[C@@H]1CCCOC1.O=C(O)C(F)(F)F. The van der Waals surface area contributed by atoms with Gasteiger partial charge < -0.3 is 40.2 Å². The second kappa shape index (κ2) is 18.8. The standard InChI is InChI=1S/C26H41ClN4O5.C2HF3O2/c1-28-23(14-19-6-5-12-35-18-19)16-30-25(32)31-11-4-8-21(17-31)24(20-7-3-9-22(27)15-20)36-13-10-29-26(33)34-2;3-2(4,5)1(6)7/h3,7,9,15,19,21,23-24,28H,4-6,8,10-14,16-18H2,1-2H3,(H,29,33)(H,30,32);(H,6,7)/t19-,21-,23-,24+;/m0./s1. The quantitative estimate of drug-likeness (QED) is 0.265. The Morgan fingerprint density at radius 1 is 1.21 bits per heavy atom. The fourth-order valence-corrected chi connectivity index (χ4v) is 5.26. The number of likely N-dealkylation sites (tertiary alicyclic amines) is 1. The van der Waals surface area contributed by atoms with E-state index in [9.17, 15) is 22.8 Å². The number of benzene rings is 1. The third kappa shape index (κ3) is 13.6. The number of hydrogen-bond acceptors (Lipinski definition) is 7. The summed E-state index contributed by atoms with van der Waals surface area (Å²) in [5, 5.41) is 16.9. The number of nitrogens with one attached hydrogen (secondary N) is 3. The molecule has 1 aromatic carbocycles. The number of nitrogens with zero attached hydrogens (tertiary/aromatic N) is 1. The highest BCUT2D eigenvalue weighted by Crippen LogP contribution is 2.34. The minimum absolute atomic E-state index is 0.0444. The van der Waals surface area contributed by atoms with Crippen LogP contribution in [-0.4, -0.2) is 100 Å². The molecular formula is C28H42ClF3N4O7. The van der Waals surface area contributed by atoms with Crippen molar-refractivity contribution in [3.8, 4) is 0 Å². The van der Waals surface area contributed by atoms with Gasteiger partial charge in [-0.1, -0.05) is 23.7 Å². The number of carbonyl (C=O) groups is 3. The zero-order valence-electron chi connectivity index (χ0n) is 24.5. The Labute approximate surface area is 254 Å². The maximum atomic E-state index is 13.1. The number of hydrogen-bond donors (Lipinski definition) is 4. The molecule has 3 amide bonds. The van der Waals surface area contributed by atoms with Crippen molar-refractivity contribution in [3.63, 3.8) is 0 Å². The van der Waals surface area contributed by atoms with Crippen LogP contribution >= 0.6 is 11.6 Å². The van der Waals surface area contributed by atoms with Crippen LogP contribution in [0.5, 0.6) is 0 Å². The number of carboxylic acid groups (broad SMARTS) is 1. The van der Waals surface area contributed by atoms with Crippen LogP contribution in [0.1, 0.15) is 43.8 Å². The fraction of sp³-hybridized carbons (Fsp3) is 0.679. The Morgan fingerprint density at radius 3 is 2.56 bits per heavy atom. The average molecular weight is 639 g/mol. The van der Waals surface area contributed by atoms with E-state index in [1.54, 1.807) is 0 Å². The van der Waals surface area contributed by atoms with Crippen molar-refractivity contribution in [2.24, 2.45) is 11.8 Å². The molecule has 43 heavy (non-hydrogen) atoms. The third-order valence-electron chi connectivity index (χ3n) is 7.23. The predicted molar refractivity (Wildman–Crippen MR) is 153 cm³/mol. The number of carboxylic acids is 1. The van der Waals surface area contributed by atoms with Gasteiger partial charge in [0.05, 0.1) is 19.8 Å². The van der Waals surface area contributed by atoms with E-state index in [-0.39, 0.29) is 24.1 Å². The van der Waals surface area contributed by atoms with E-state index in [2.05, 4.69) is 20.7 Å². The number of alkyl halides is 3. The monoisotopic (exact) mass is 638 g/mol. The minimum Gasteiger partial charge on any atom is -0.475 e. The summed E-state index contributed by atoms with van der Waals surface area (Å²) in [5.41, 5.74) is 0.970. The Bertz CT molecular complexity index is 1010. The minimum atomic E-state index is -5.08. The van der Waals surface area contributed by atoms with Crippen molar-refractivity contribution >= 4 is 29.7 Å². The van der Waals surface area contributed by atoms with E-state index in [0.29, 0.717) is 37.2 Å². The molecule has 0 aromatic heterocycles. The van der Waals surface area contributed by atoms with Crippen LogP contribution in [0.15, 0.2) is 24.3 Å². The van der Waals surface area contributed by atoms with E-state index in [4.69, 9.17) is 31.0 Å². The van der Waals surface area contributed by atoms with Crippen molar-refractivity contribution in [1.29, 1.82) is 0 Å². The summed E-state index contributed by atoms with van der Waals surface area (Å²) in [7, 11) is 3.27. The van der Waals surface area contributed by atoms with Gasteiger partial charge in [-0.3, -0.25) is 0 Å². The number of ether oxygens (including phenoxy) is 3. The normalized spacial score (nSPS) is 20.2. The molecule has 1 aromatic rings. The van der Waals surface area contributed by atoms with Gasteiger partial charge in [-0.25, -0.2) is 14.4 Å². The molecule has 2 heterocycles. The molecule has 15 heteroatoms. The van der Waals surface area contributed by atoms with Crippen LogP contribution in [0.3, 0.4) is 0 Å². The molecule has 2 aliphatic rings. The number of aliphatic carboxylic acids is 1. The molecule has 0 unspecified atom stereocenters. The van der Waals surface area contributed by atoms with Gasteiger partial charge in [-0.2, -0.15) is 13.2 Å². The number of halogens is 4. The van der Waals surface area contributed by atoms with Gasteiger partial charge in [-0.05, 0) is 62.8 Å². The molecule has 0 saturated carbocycles. The highest BCUT2D eigenvalue weighted by Gasteiger charge is 2.38. The molecule has 4 atom stereocenters. The molecule has 0 bridgehead atoms. The van der Waals surface area contributed by atoms with Crippen LogP contribution in [0.2, 0.25) is 5.02 Å². The zero-order chi connectivity index (χ0) is 31.8. The van der Waals surface area contributed by atoms with Crippen LogP contribution in [-0.2, 0) is 19.0 Å². The Balaban J connectivity index is 0.000000821. The second-order valence-corrected chi connectivity index (χ2v) is 10.8. The number of carbonyl (C=O) groups excluding carboxylic acids is 2. The Hall–Kier alpha value is -2.81. The van der Waals surface area contributed by atoms with Crippen molar-refractivity contribution in [2.45, 2.75) is 50.4 Å². The largest absolute Gasteiger partial charge is 0.490 e. The first-order valence-corrected chi connectivity index (χ1v) is 14.6. The molecule has 0 radical (unpaired) electrons. The lowest BCUT2D eigenvalue weighted by Gasteiger charge is -2.37. The van der Waals surface area contributed by atoms with Crippen molar-refractivity contribution in [2.75, 3.05) is 60.2 Å². The van der Waals surface area contributed by atoms with Gasteiger partial charge in [0.15, 0.2) is 0 Å². The van der Waals surface area contributed by atoms with Crippen molar-refractivity contribution in [1.82, 2.24) is 20.9 Å². The fourth-order valence-electron chi connectivity index (χ4n) is 5.06. The zero-order valence-corrected chi connectivity index (χ0v) is 25.2. The van der Waals surface area contributed by atoms with E-state index in [1.807, 2.05) is 36.2 Å². The summed E-state index contributed by atoms with van der Waals surface area (Å²) in [6.07, 6.45) is -0.703. The van der Waals surface area contributed by atoms with Crippen LogP contribution in [0.4, 0.5) is 22.8 Å². The summed E-state index contributed by atoms with van der Waals surface area (Å²) >= 11 is 6.27. The number of methoxy groups -OCH3 is 1. The van der Waals surface area contributed by atoms with Gasteiger partial charge in [0.2, 0.25) is 0 Å². The number of amides is 3. The smallest absolute Gasteiger partial charge is 0.475 e. The molecule has 0 aliphatic carbocycles. The number of alkyl carbamates (subject to hydrolysis) is 1. The van der Waals surface area contributed by atoms with Gasteiger partial charge in [-0.15, -0.1) is 0 Å². The first kappa shape index (κ1) is 36.4. The van der Waals surface area contributed by atoms with Crippen molar-refractivity contribution in [3.05, 3.63) is 34.9 Å². The first-order chi connectivity index (χ1) is 20.4. The van der Waals surface area contributed by atoms with E-state index in [0.717, 1.165) is 51.0 Å². The maximum Gasteiger partial charge on any atom is 0.490 e. The summed E-state index contributed by atoms with van der Waals surface area (Å²) in [6.45, 7) is 4.21. The number of piperidine rings is 1. The molecule has 0 spiro atoms. The number of likely N-dealkylation sites (N-methyl/N-ethyl adjacent to an activating group) is 1. The second-order valence-electron chi connectivity index (χ2n) is 10.4. The van der Waals surface area contributed by atoms with Crippen molar-refractivity contribution < 1.29 is 46.9 Å². The Morgan fingerprint density at radius 2 is 1.95 bits per heavy atom.